The molecule has 208 valence electrons. The van der Waals surface area contributed by atoms with Gasteiger partial charge in [0.15, 0.2) is 0 Å². The average molecular weight is 545 g/mol. The number of nitrogens with two attached hydrogens (primary N) is 1. The number of pyridine rings is 1. The summed E-state index contributed by atoms with van der Waals surface area (Å²) in [5.74, 6) is -0.701. The van der Waals surface area contributed by atoms with Crippen LogP contribution in [0.4, 0.5) is 5.69 Å². The number of nitrogens with zero attached hydrogens (tertiary/aromatic N) is 3. The van der Waals surface area contributed by atoms with Crippen LogP contribution in [0.5, 0.6) is 5.75 Å². The summed E-state index contributed by atoms with van der Waals surface area (Å²) in [4.78, 5) is 59.5. The van der Waals surface area contributed by atoms with Gasteiger partial charge < -0.3 is 15.8 Å². The number of imide groups is 2. The van der Waals surface area contributed by atoms with Crippen LogP contribution in [0.3, 0.4) is 0 Å². The Balaban J connectivity index is 1.06. The van der Waals surface area contributed by atoms with Crippen LogP contribution in [0.15, 0.2) is 47.7 Å². The van der Waals surface area contributed by atoms with Gasteiger partial charge in [-0.2, -0.15) is 0 Å². The van der Waals surface area contributed by atoms with E-state index < -0.39 is 29.7 Å². The van der Waals surface area contributed by atoms with Gasteiger partial charge in [-0.25, -0.2) is 0 Å². The third-order valence-corrected chi connectivity index (χ3v) is 7.64. The van der Waals surface area contributed by atoms with Crippen molar-refractivity contribution >= 4 is 41.1 Å². The first-order chi connectivity index (χ1) is 19.4. The van der Waals surface area contributed by atoms with Crippen LogP contribution in [0.1, 0.15) is 64.9 Å². The molecule has 40 heavy (non-hydrogen) atoms. The number of ether oxygens (including phenoxy) is 1. The number of hydrogen-bond acceptors (Lipinski definition) is 9. The molecular formula is C29H32N6O5. The van der Waals surface area contributed by atoms with E-state index in [1.807, 2.05) is 6.07 Å². The number of allylic oxidation sites excluding steroid dienone is 1. The Morgan fingerprint density at radius 1 is 1.18 bits per heavy atom. The molecule has 0 bridgehead atoms. The molecule has 1 unspecified atom stereocenters. The number of nitrogens with one attached hydrogen (secondary N) is 2. The molecule has 1 aromatic carbocycles. The Morgan fingerprint density at radius 2 is 1.98 bits per heavy atom. The molecule has 1 atom stereocenters. The van der Waals surface area contributed by atoms with E-state index >= 15 is 0 Å². The van der Waals surface area contributed by atoms with Crippen molar-refractivity contribution < 1.29 is 23.9 Å². The van der Waals surface area contributed by atoms with Crippen LogP contribution in [0, 0.1) is 5.92 Å². The van der Waals surface area contributed by atoms with Gasteiger partial charge in [0.25, 0.3) is 11.8 Å². The minimum atomic E-state index is -0.964. The molecule has 4 amide bonds. The third-order valence-electron chi connectivity index (χ3n) is 7.64. The number of hydrogen-bond donors (Lipinski definition) is 3. The molecule has 2 fully saturated rings. The zero-order valence-corrected chi connectivity index (χ0v) is 22.3. The lowest BCUT2D eigenvalue weighted by atomic mass is 9.78. The Hall–Kier alpha value is -4.54. The number of benzene rings is 1. The van der Waals surface area contributed by atoms with E-state index in [1.54, 1.807) is 43.8 Å². The average Bonchev–Trinajstić information content (AvgIpc) is 3.18. The molecule has 3 heterocycles. The molecule has 3 aliphatic rings. The van der Waals surface area contributed by atoms with Gasteiger partial charge in [0, 0.05) is 48.9 Å². The van der Waals surface area contributed by atoms with Crippen molar-refractivity contribution in [1.29, 1.82) is 0 Å². The first kappa shape index (κ1) is 27.0. The normalized spacial score (nSPS) is 22.8. The van der Waals surface area contributed by atoms with E-state index in [0.29, 0.717) is 17.4 Å². The van der Waals surface area contributed by atoms with E-state index in [4.69, 9.17) is 10.5 Å². The molecule has 2 aromatic rings. The number of aliphatic imine (C=N–C) groups is 1. The standard InChI is InChI=1S/C29H32N6O5/c1-40-21-8-10-32-24(14-21)18(15-30)16-33-20-11-17(12-20)3-2-9-31-19-4-5-22-23(13-19)29(39)35(28(22)38)25-6-7-26(36)34-27(25)37/h4-5,8,10,13-17,20,25,31H,2-3,6-7,9,11-12,30H2,1H3,(H,34,36,37). The summed E-state index contributed by atoms with van der Waals surface area (Å²) in [5.41, 5.74) is 8.55. The number of methoxy groups -OCH3 is 1. The predicted molar refractivity (Wildman–Crippen MR) is 149 cm³/mol. The number of amides is 4. The van der Waals surface area contributed by atoms with E-state index in [0.717, 1.165) is 48.4 Å². The first-order valence-corrected chi connectivity index (χ1v) is 13.4. The Bertz CT molecular complexity index is 1400. The van der Waals surface area contributed by atoms with Crippen molar-refractivity contribution in [2.75, 3.05) is 19.0 Å². The summed E-state index contributed by atoms with van der Waals surface area (Å²) in [6.45, 7) is 0.726. The maximum Gasteiger partial charge on any atom is 0.262 e. The fraction of sp³-hybridized carbons (Fsp3) is 0.379. The number of fused-ring (bicyclic) bond motifs is 1. The lowest BCUT2D eigenvalue weighted by Crippen LogP contribution is -2.54. The maximum absolute atomic E-state index is 13.0. The van der Waals surface area contributed by atoms with Crippen molar-refractivity contribution in [3.8, 4) is 5.75 Å². The van der Waals surface area contributed by atoms with E-state index in [-0.39, 0.29) is 30.0 Å². The predicted octanol–water partition coefficient (Wildman–Crippen LogP) is 2.53. The topological polar surface area (TPSA) is 156 Å². The summed E-state index contributed by atoms with van der Waals surface area (Å²) in [7, 11) is 1.61. The molecule has 1 saturated heterocycles. The van der Waals surface area contributed by atoms with Crippen molar-refractivity contribution in [1.82, 2.24) is 15.2 Å². The fourth-order valence-electron chi connectivity index (χ4n) is 5.34. The molecule has 2 aliphatic heterocycles. The largest absolute Gasteiger partial charge is 0.497 e. The van der Waals surface area contributed by atoms with Gasteiger partial charge in [0.05, 0.1) is 30.0 Å². The van der Waals surface area contributed by atoms with Crippen LogP contribution in [0.25, 0.3) is 5.57 Å². The fourth-order valence-corrected chi connectivity index (χ4v) is 5.34. The van der Waals surface area contributed by atoms with Crippen LogP contribution in [-0.2, 0) is 9.59 Å². The highest BCUT2D eigenvalue weighted by atomic mass is 16.5. The lowest BCUT2D eigenvalue weighted by molar-refractivity contribution is -0.136. The monoisotopic (exact) mass is 544 g/mol. The lowest BCUT2D eigenvalue weighted by Gasteiger charge is -2.32. The summed E-state index contributed by atoms with van der Waals surface area (Å²) in [6, 6.07) is 7.96. The number of piperidine rings is 1. The van der Waals surface area contributed by atoms with E-state index in [9.17, 15) is 19.2 Å². The van der Waals surface area contributed by atoms with E-state index in [1.165, 1.54) is 6.20 Å². The molecule has 11 heteroatoms. The SMILES string of the molecule is COc1ccnc(C(C=NC2CC(CCCNc3ccc4c(c3)C(=O)N(C3CCC(=O)NC3=O)C4=O)C2)=CN)c1. The van der Waals surface area contributed by atoms with Crippen LogP contribution in [0.2, 0.25) is 0 Å². The second-order valence-corrected chi connectivity index (χ2v) is 10.2. The minimum Gasteiger partial charge on any atom is -0.497 e. The highest BCUT2D eigenvalue weighted by molar-refractivity contribution is 6.23. The zero-order chi connectivity index (χ0) is 28.2. The van der Waals surface area contributed by atoms with Crippen molar-refractivity contribution in [3.63, 3.8) is 0 Å². The quantitative estimate of drug-likeness (QED) is 0.234. The van der Waals surface area contributed by atoms with Gasteiger partial charge in [0.1, 0.15) is 11.8 Å². The van der Waals surface area contributed by atoms with Gasteiger partial charge in [-0.3, -0.25) is 39.4 Å². The molecule has 1 saturated carbocycles. The minimum absolute atomic E-state index is 0.0945. The number of aromatic nitrogens is 1. The molecule has 1 aliphatic carbocycles. The summed E-state index contributed by atoms with van der Waals surface area (Å²) in [5, 5.41) is 5.54. The Labute approximate surface area is 231 Å². The summed E-state index contributed by atoms with van der Waals surface area (Å²) < 4.78 is 5.25. The molecule has 11 nitrogen and oxygen atoms in total. The molecule has 1 aromatic heterocycles. The van der Waals surface area contributed by atoms with Gasteiger partial charge in [0.2, 0.25) is 11.8 Å². The Morgan fingerprint density at radius 3 is 2.73 bits per heavy atom. The van der Waals surface area contributed by atoms with Crippen molar-refractivity contribution in [2.24, 2.45) is 16.6 Å². The van der Waals surface area contributed by atoms with Crippen molar-refractivity contribution in [2.45, 2.75) is 50.6 Å². The zero-order valence-electron chi connectivity index (χ0n) is 22.3. The van der Waals surface area contributed by atoms with Gasteiger partial charge in [-0.05, 0) is 62.3 Å². The van der Waals surface area contributed by atoms with Gasteiger partial charge in [-0.1, -0.05) is 0 Å². The molecule has 0 radical (unpaired) electrons. The van der Waals surface area contributed by atoms with Crippen LogP contribution in [-0.4, -0.2) is 65.5 Å². The number of anilines is 1. The molecule has 0 spiro atoms. The third kappa shape index (κ3) is 5.58. The maximum atomic E-state index is 13.0. The first-order valence-electron chi connectivity index (χ1n) is 13.4. The van der Waals surface area contributed by atoms with Gasteiger partial charge in [-0.15, -0.1) is 0 Å². The number of carbonyl (C=O) groups excluding carboxylic acids is 4. The summed E-state index contributed by atoms with van der Waals surface area (Å²) >= 11 is 0. The second-order valence-electron chi connectivity index (χ2n) is 10.2. The summed E-state index contributed by atoms with van der Waals surface area (Å²) in [6.07, 6.45) is 9.24. The highest BCUT2D eigenvalue weighted by Crippen LogP contribution is 2.34. The molecular weight excluding hydrogens is 512 g/mol. The number of carbonyl (C=O) groups is 4. The van der Waals surface area contributed by atoms with Crippen LogP contribution >= 0.6 is 0 Å². The second kappa shape index (κ2) is 11.7. The molecule has 4 N–H and O–H groups in total. The van der Waals surface area contributed by atoms with Gasteiger partial charge >= 0.3 is 0 Å². The van der Waals surface area contributed by atoms with Crippen molar-refractivity contribution in [3.05, 3.63) is 59.5 Å². The number of rotatable bonds is 10. The highest BCUT2D eigenvalue weighted by Gasteiger charge is 2.44. The van der Waals surface area contributed by atoms with E-state index in [2.05, 4.69) is 20.6 Å². The smallest absolute Gasteiger partial charge is 0.262 e. The van der Waals surface area contributed by atoms with Crippen LogP contribution < -0.4 is 21.1 Å². The molecule has 5 rings (SSSR count). The Kier molecular flexibility index (Phi) is 7.90.